The Kier molecular flexibility index (Phi) is 5.45. The monoisotopic (exact) mass is 274 g/mol. The van der Waals surface area contributed by atoms with E-state index in [1.54, 1.807) is 0 Å². The molecule has 0 amide bonds. The van der Waals surface area contributed by atoms with E-state index in [9.17, 15) is 8.42 Å². The van der Waals surface area contributed by atoms with Gasteiger partial charge < -0.3 is 5.32 Å². The van der Waals surface area contributed by atoms with Gasteiger partial charge in [0.25, 0.3) is 0 Å². The lowest BCUT2D eigenvalue weighted by molar-refractivity contribution is 0.411. The number of sulfonamides is 1. The average molecular weight is 274 g/mol. The third-order valence-electron chi connectivity index (χ3n) is 3.80. The van der Waals surface area contributed by atoms with Crippen molar-refractivity contribution in [3.8, 4) is 0 Å². The van der Waals surface area contributed by atoms with Crippen molar-refractivity contribution < 1.29 is 8.42 Å². The lowest BCUT2D eigenvalue weighted by Gasteiger charge is -2.22. The van der Waals surface area contributed by atoms with Gasteiger partial charge in [-0.2, -0.15) is 0 Å². The Balaban J connectivity index is 1.56. The quantitative estimate of drug-likeness (QED) is 0.663. The van der Waals surface area contributed by atoms with Crippen molar-refractivity contribution in [1.29, 1.82) is 0 Å². The Labute approximate surface area is 111 Å². The summed E-state index contributed by atoms with van der Waals surface area (Å²) in [4.78, 5) is 0. The van der Waals surface area contributed by atoms with Crippen LogP contribution in [0.25, 0.3) is 0 Å². The third-order valence-corrected chi connectivity index (χ3v) is 5.32. The first kappa shape index (κ1) is 14.3. The Bertz CT molecular complexity index is 333. The van der Waals surface area contributed by atoms with Gasteiger partial charge in [0.2, 0.25) is 10.0 Å². The molecule has 2 fully saturated rings. The van der Waals surface area contributed by atoms with Crippen molar-refractivity contribution >= 4 is 10.0 Å². The first-order valence-corrected chi connectivity index (χ1v) is 9.04. The second-order valence-corrected chi connectivity index (χ2v) is 7.58. The van der Waals surface area contributed by atoms with Crippen molar-refractivity contribution in [3.63, 3.8) is 0 Å². The molecular formula is C13H26N2O2S. The predicted molar refractivity (Wildman–Crippen MR) is 74.1 cm³/mol. The van der Waals surface area contributed by atoms with E-state index in [-0.39, 0.29) is 11.8 Å². The minimum absolute atomic E-state index is 0.202. The number of rotatable bonds is 8. The zero-order valence-electron chi connectivity index (χ0n) is 11.2. The van der Waals surface area contributed by atoms with Crippen LogP contribution in [0.2, 0.25) is 0 Å². The Morgan fingerprint density at radius 1 is 0.889 bits per heavy atom. The number of hydrogen-bond acceptors (Lipinski definition) is 3. The highest BCUT2D eigenvalue weighted by atomic mass is 32.2. The molecule has 106 valence electrons. The number of unbranched alkanes of at least 4 members (excludes halogenated alkanes) is 1. The van der Waals surface area contributed by atoms with E-state index >= 15 is 0 Å². The van der Waals surface area contributed by atoms with E-state index < -0.39 is 10.0 Å². The maximum absolute atomic E-state index is 11.9. The van der Waals surface area contributed by atoms with Crippen LogP contribution in [-0.4, -0.2) is 32.8 Å². The van der Waals surface area contributed by atoms with E-state index in [0.717, 1.165) is 38.3 Å². The van der Waals surface area contributed by atoms with E-state index in [1.807, 2.05) is 0 Å². The molecule has 0 bridgehead atoms. The Hall–Kier alpha value is -0.130. The standard InChI is InChI=1S/C13H26N2O2S/c16-18(17,15-13-6-2-1-3-7-13)11-5-4-10-14-12-8-9-12/h12-15H,1-11H2. The lowest BCUT2D eigenvalue weighted by Crippen LogP contribution is -2.37. The van der Waals surface area contributed by atoms with Crippen LogP contribution < -0.4 is 10.0 Å². The van der Waals surface area contributed by atoms with Crippen LogP contribution in [0.3, 0.4) is 0 Å². The van der Waals surface area contributed by atoms with Crippen LogP contribution in [0.5, 0.6) is 0 Å². The smallest absolute Gasteiger partial charge is 0.211 e. The highest BCUT2D eigenvalue weighted by Crippen LogP contribution is 2.19. The molecule has 0 aromatic rings. The van der Waals surface area contributed by atoms with Crippen molar-refractivity contribution in [2.75, 3.05) is 12.3 Å². The van der Waals surface area contributed by atoms with Crippen LogP contribution in [-0.2, 0) is 10.0 Å². The molecule has 0 aromatic heterocycles. The highest BCUT2D eigenvalue weighted by molar-refractivity contribution is 7.89. The number of nitrogens with one attached hydrogen (secondary N) is 2. The fraction of sp³-hybridized carbons (Fsp3) is 1.00. The van der Waals surface area contributed by atoms with Crippen molar-refractivity contribution in [2.24, 2.45) is 0 Å². The molecular weight excluding hydrogens is 248 g/mol. The molecule has 4 nitrogen and oxygen atoms in total. The van der Waals surface area contributed by atoms with Gasteiger partial charge in [0.15, 0.2) is 0 Å². The summed E-state index contributed by atoms with van der Waals surface area (Å²) in [7, 11) is -3.04. The lowest BCUT2D eigenvalue weighted by atomic mass is 9.96. The molecule has 0 radical (unpaired) electrons. The zero-order chi connectivity index (χ0) is 12.8. The summed E-state index contributed by atoms with van der Waals surface area (Å²) < 4.78 is 26.6. The average Bonchev–Trinajstić information content (AvgIpc) is 3.13. The molecule has 0 atom stereocenters. The van der Waals surface area contributed by atoms with Crippen molar-refractivity contribution in [3.05, 3.63) is 0 Å². The SMILES string of the molecule is O=S(=O)(CCCCNC1CC1)NC1CCCCC1. The minimum atomic E-state index is -3.04. The molecule has 0 saturated heterocycles. The summed E-state index contributed by atoms with van der Waals surface area (Å²) in [6.07, 6.45) is 9.93. The Morgan fingerprint density at radius 3 is 2.28 bits per heavy atom. The first-order valence-electron chi connectivity index (χ1n) is 7.39. The topological polar surface area (TPSA) is 58.2 Å². The fourth-order valence-electron chi connectivity index (χ4n) is 2.54. The highest BCUT2D eigenvalue weighted by Gasteiger charge is 2.21. The van der Waals surface area contributed by atoms with Crippen LogP contribution in [0.4, 0.5) is 0 Å². The first-order chi connectivity index (χ1) is 8.66. The summed E-state index contributed by atoms with van der Waals surface area (Å²) in [6, 6.07) is 0.926. The second kappa shape index (κ2) is 6.87. The largest absolute Gasteiger partial charge is 0.314 e. The fourth-order valence-corrected chi connectivity index (χ4v) is 3.99. The van der Waals surface area contributed by atoms with Gasteiger partial charge in [0.05, 0.1) is 5.75 Å². The molecule has 2 N–H and O–H groups in total. The molecule has 2 rings (SSSR count). The van der Waals surface area contributed by atoms with Gasteiger partial charge in [-0.1, -0.05) is 19.3 Å². The van der Waals surface area contributed by atoms with Gasteiger partial charge >= 0.3 is 0 Å². The van der Waals surface area contributed by atoms with E-state index in [0.29, 0.717) is 0 Å². The third kappa shape index (κ3) is 5.67. The van der Waals surface area contributed by atoms with Crippen LogP contribution >= 0.6 is 0 Å². The van der Waals surface area contributed by atoms with E-state index in [4.69, 9.17) is 0 Å². The normalized spacial score (nSPS) is 22.2. The summed E-state index contributed by atoms with van der Waals surface area (Å²) >= 11 is 0. The maximum atomic E-state index is 11.9. The van der Waals surface area contributed by atoms with Crippen molar-refractivity contribution in [1.82, 2.24) is 10.0 Å². The second-order valence-electron chi connectivity index (χ2n) is 5.71. The van der Waals surface area contributed by atoms with Gasteiger partial charge in [-0.05, 0) is 45.1 Å². The van der Waals surface area contributed by atoms with Gasteiger partial charge in [0, 0.05) is 12.1 Å². The molecule has 2 aliphatic rings. The van der Waals surface area contributed by atoms with Gasteiger partial charge in [0.1, 0.15) is 0 Å². The molecule has 2 saturated carbocycles. The summed E-state index contributed by atoms with van der Waals surface area (Å²) in [5.41, 5.74) is 0. The van der Waals surface area contributed by atoms with Crippen LogP contribution in [0.15, 0.2) is 0 Å². The maximum Gasteiger partial charge on any atom is 0.211 e. The molecule has 5 heteroatoms. The molecule has 0 unspecified atom stereocenters. The molecule has 0 heterocycles. The molecule has 2 aliphatic carbocycles. The minimum Gasteiger partial charge on any atom is -0.314 e. The Morgan fingerprint density at radius 2 is 1.61 bits per heavy atom. The van der Waals surface area contributed by atoms with Gasteiger partial charge in [-0.15, -0.1) is 0 Å². The summed E-state index contributed by atoms with van der Waals surface area (Å²) in [6.45, 7) is 0.962. The predicted octanol–water partition coefficient (Wildman–Crippen LogP) is 1.77. The number of hydrogen-bond donors (Lipinski definition) is 2. The van der Waals surface area contributed by atoms with E-state index in [2.05, 4.69) is 10.0 Å². The van der Waals surface area contributed by atoms with Crippen LogP contribution in [0.1, 0.15) is 57.8 Å². The summed E-state index contributed by atoms with van der Waals surface area (Å²) in [5.74, 6) is 0.288. The zero-order valence-corrected chi connectivity index (χ0v) is 12.0. The van der Waals surface area contributed by atoms with Gasteiger partial charge in [-0.3, -0.25) is 0 Å². The van der Waals surface area contributed by atoms with Crippen molar-refractivity contribution in [2.45, 2.75) is 69.9 Å². The van der Waals surface area contributed by atoms with Gasteiger partial charge in [-0.25, -0.2) is 13.1 Å². The molecule has 0 aliphatic heterocycles. The van der Waals surface area contributed by atoms with Crippen LogP contribution in [0, 0.1) is 0 Å². The molecule has 0 spiro atoms. The molecule has 18 heavy (non-hydrogen) atoms. The summed E-state index contributed by atoms with van der Waals surface area (Å²) in [5, 5.41) is 3.41. The van der Waals surface area contributed by atoms with E-state index in [1.165, 1.54) is 32.1 Å². The molecule has 0 aromatic carbocycles.